The number of carbonyl (C=O) groups excluding carboxylic acids is 1. The zero-order valence-electron chi connectivity index (χ0n) is 11.0. The van der Waals surface area contributed by atoms with Gasteiger partial charge >= 0.3 is 5.97 Å². The van der Waals surface area contributed by atoms with Crippen molar-refractivity contribution in [1.29, 1.82) is 0 Å². The lowest BCUT2D eigenvalue weighted by atomic mass is 9.99. The molecule has 0 aliphatic rings. The summed E-state index contributed by atoms with van der Waals surface area (Å²) in [5, 5.41) is 31.2. The van der Waals surface area contributed by atoms with Gasteiger partial charge in [0.1, 0.15) is 6.10 Å². The summed E-state index contributed by atoms with van der Waals surface area (Å²) in [6, 6.07) is 3.92. The number of nitrogen functional groups attached to an aromatic ring is 1. The van der Waals surface area contributed by atoms with E-state index in [0.717, 1.165) is 0 Å². The van der Waals surface area contributed by atoms with Gasteiger partial charge in [0, 0.05) is 19.2 Å². The highest BCUT2D eigenvalue weighted by molar-refractivity contribution is 5.89. The number of aliphatic hydroxyl groups is 2. The lowest BCUT2D eigenvalue weighted by Gasteiger charge is -2.19. The first-order valence-corrected chi connectivity index (χ1v) is 6.05. The molecular weight excluding hydrogens is 264 g/mol. The lowest BCUT2D eigenvalue weighted by Crippen LogP contribution is -2.27. The molecule has 0 fully saturated rings. The van der Waals surface area contributed by atoms with Crippen molar-refractivity contribution >= 4 is 17.6 Å². The SMILES string of the molecule is CC(=O)NCCC(O)C(O)c1cc(N)cc(C(=O)O)c1. The van der Waals surface area contributed by atoms with Crippen LogP contribution in [0.5, 0.6) is 0 Å². The van der Waals surface area contributed by atoms with Crippen molar-refractivity contribution in [3.05, 3.63) is 29.3 Å². The van der Waals surface area contributed by atoms with Crippen molar-refractivity contribution in [1.82, 2.24) is 5.32 Å². The molecule has 1 amide bonds. The van der Waals surface area contributed by atoms with Crippen LogP contribution >= 0.6 is 0 Å². The van der Waals surface area contributed by atoms with Gasteiger partial charge in [0.05, 0.1) is 11.7 Å². The van der Waals surface area contributed by atoms with Crippen LogP contribution in [0.25, 0.3) is 0 Å². The molecule has 2 unspecified atom stereocenters. The van der Waals surface area contributed by atoms with Crippen LogP contribution in [0.4, 0.5) is 5.69 Å². The summed E-state index contributed by atoms with van der Waals surface area (Å²) in [7, 11) is 0. The number of amides is 1. The quantitative estimate of drug-likeness (QED) is 0.462. The fourth-order valence-electron chi connectivity index (χ4n) is 1.75. The van der Waals surface area contributed by atoms with E-state index in [1.165, 1.54) is 25.1 Å². The van der Waals surface area contributed by atoms with Crippen molar-refractivity contribution in [2.75, 3.05) is 12.3 Å². The highest BCUT2D eigenvalue weighted by Crippen LogP contribution is 2.22. The molecule has 0 bridgehead atoms. The van der Waals surface area contributed by atoms with E-state index < -0.39 is 18.2 Å². The minimum Gasteiger partial charge on any atom is -0.478 e. The Morgan fingerprint density at radius 1 is 1.30 bits per heavy atom. The highest BCUT2D eigenvalue weighted by Gasteiger charge is 2.20. The van der Waals surface area contributed by atoms with Crippen LogP contribution in [0.1, 0.15) is 35.4 Å². The molecule has 110 valence electrons. The number of carbonyl (C=O) groups is 2. The van der Waals surface area contributed by atoms with Gasteiger partial charge in [-0.25, -0.2) is 4.79 Å². The fourth-order valence-corrected chi connectivity index (χ4v) is 1.75. The molecule has 1 aromatic rings. The van der Waals surface area contributed by atoms with Crippen molar-refractivity contribution in [2.24, 2.45) is 0 Å². The van der Waals surface area contributed by atoms with E-state index in [1.54, 1.807) is 0 Å². The molecule has 7 nitrogen and oxygen atoms in total. The average Bonchev–Trinajstić information content (AvgIpc) is 2.36. The number of anilines is 1. The van der Waals surface area contributed by atoms with E-state index in [9.17, 15) is 19.8 Å². The molecule has 6 N–H and O–H groups in total. The number of nitrogens with two attached hydrogens (primary N) is 1. The average molecular weight is 282 g/mol. The Kier molecular flexibility index (Phi) is 5.48. The maximum Gasteiger partial charge on any atom is 0.335 e. The van der Waals surface area contributed by atoms with Gasteiger partial charge in [0.25, 0.3) is 0 Å². The predicted molar refractivity (Wildman–Crippen MR) is 72.1 cm³/mol. The van der Waals surface area contributed by atoms with Crippen LogP contribution in [0.3, 0.4) is 0 Å². The van der Waals surface area contributed by atoms with Crippen LogP contribution in [0.15, 0.2) is 18.2 Å². The van der Waals surface area contributed by atoms with Gasteiger partial charge in [0.2, 0.25) is 5.91 Å². The van der Waals surface area contributed by atoms with Crippen LogP contribution < -0.4 is 11.1 Å². The highest BCUT2D eigenvalue weighted by atomic mass is 16.4. The van der Waals surface area contributed by atoms with E-state index in [-0.39, 0.29) is 35.7 Å². The first kappa shape index (κ1) is 15.9. The smallest absolute Gasteiger partial charge is 0.335 e. The zero-order chi connectivity index (χ0) is 15.3. The maximum absolute atomic E-state index is 10.9. The van der Waals surface area contributed by atoms with Gasteiger partial charge in [-0.1, -0.05) is 0 Å². The van der Waals surface area contributed by atoms with Crippen molar-refractivity contribution in [3.63, 3.8) is 0 Å². The Bertz CT molecular complexity index is 504. The van der Waals surface area contributed by atoms with E-state index in [4.69, 9.17) is 10.8 Å². The summed E-state index contributed by atoms with van der Waals surface area (Å²) in [6.07, 6.45) is -2.27. The second-order valence-corrected chi connectivity index (χ2v) is 4.48. The number of hydrogen-bond donors (Lipinski definition) is 5. The second-order valence-electron chi connectivity index (χ2n) is 4.48. The number of hydrogen-bond acceptors (Lipinski definition) is 5. The van der Waals surface area contributed by atoms with Crippen molar-refractivity contribution < 1.29 is 24.9 Å². The molecule has 1 aromatic carbocycles. The second kappa shape index (κ2) is 6.88. The van der Waals surface area contributed by atoms with Crippen LogP contribution in [0, 0.1) is 0 Å². The molecule has 0 saturated heterocycles. The summed E-state index contributed by atoms with van der Waals surface area (Å²) in [6.45, 7) is 1.56. The van der Waals surface area contributed by atoms with Gasteiger partial charge in [0.15, 0.2) is 0 Å². The van der Waals surface area contributed by atoms with Gasteiger partial charge < -0.3 is 26.4 Å². The Labute approximate surface area is 116 Å². The molecule has 0 heterocycles. The minimum atomic E-state index is -1.27. The third kappa shape index (κ3) is 4.52. The van der Waals surface area contributed by atoms with E-state index in [2.05, 4.69) is 5.32 Å². The number of carboxylic acid groups (broad SMARTS) is 1. The van der Waals surface area contributed by atoms with Gasteiger partial charge in [-0.3, -0.25) is 4.79 Å². The largest absolute Gasteiger partial charge is 0.478 e. The number of aromatic carboxylic acids is 1. The predicted octanol–water partition coefficient (Wildman–Crippen LogP) is -0.113. The van der Waals surface area contributed by atoms with E-state index >= 15 is 0 Å². The molecule has 0 aromatic heterocycles. The molecule has 0 spiro atoms. The summed E-state index contributed by atoms with van der Waals surface area (Å²) >= 11 is 0. The molecule has 0 radical (unpaired) electrons. The van der Waals surface area contributed by atoms with Gasteiger partial charge in [-0.2, -0.15) is 0 Å². The molecule has 7 heteroatoms. The van der Waals surface area contributed by atoms with E-state index in [0.29, 0.717) is 0 Å². The number of carboxylic acids is 1. The first-order chi connectivity index (χ1) is 9.31. The van der Waals surface area contributed by atoms with E-state index in [1.807, 2.05) is 0 Å². The lowest BCUT2D eigenvalue weighted by molar-refractivity contribution is -0.119. The Balaban J connectivity index is 2.77. The molecule has 0 saturated carbocycles. The Morgan fingerprint density at radius 3 is 2.50 bits per heavy atom. The standard InChI is InChI=1S/C13H18N2O5/c1-7(16)15-3-2-11(17)12(18)8-4-9(13(19)20)6-10(14)5-8/h4-6,11-12,17-18H,2-3,14H2,1H3,(H,15,16)(H,19,20). The summed E-state index contributed by atoms with van der Waals surface area (Å²) in [5.41, 5.74) is 5.91. The minimum absolute atomic E-state index is 0.0619. The van der Waals surface area contributed by atoms with Crippen LogP contribution in [-0.4, -0.2) is 39.8 Å². The zero-order valence-corrected chi connectivity index (χ0v) is 11.0. The normalized spacial score (nSPS) is 13.6. The monoisotopic (exact) mass is 282 g/mol. The Hall–Kier alpha value is -2.12. The number of aliphatic hydroxyl groups excluding tert-OH is 2. The van der Waals surface area contributed by atoms with Gasteiger partial charge in [-0.05, 0) is 30.2 Å². The Morgan fingerprint density at radius 2 is 1.95 bits per heavy atom. The van der Waals surface area contributed by atoms with Crippen molar-refractivity contribution in [2.45, 2.75) is 25.6 Å². The summed E-state index contributed by atoms with van der Waals surface area (Å²) in [5.74, 6) is -1.40. The summed E-state index contributed by atoms with van der Waals surface area (Å²) in [4.78, 5) is 21.6. The molecule has 0 aliphatic heterocycles. The first-order valence-electron chi connectivity index (χ1n) is 6.05. The topological polar surface area (TPSA) is 133 Å². The molecule has 0 aliphatic carbocycles. The number of nitrogens with one attached hydrogen (secondary N) is 1. The number of benzene rings is 1. The third-order valence-electron chi connectivity index (χ3n) is 2.74. The molecular formula is C13H18N2O5. The fraction of sp³-hybridized carbons (Fsp3) is 0.385. The maximum atomic E-state index is 10.9. The third-order valence-corrected chi connectivity index (χ3v) is 2.74. The number of rotatable bonds is 6. The summed E-state index contributed by atoms with van der Waals surface area (Å²) < 4.78 is 0. The van der Waals surface area contributed by atoms with Crippen LogP contribution in [0.2, 0.25) is 0 Å². The van der Waals surface area contributed by atoms with Crippen molar-refractivity contribution in [3.8, 4) is 0 Å². The molecule has 1 rings (SSSR count). The molecule has 2 atom stereocenters. The molecule has 20 heavy (non-hydrogen) atoms. The van der Waals surface area contributed by atoms with Gasteiger partial charge in [-0.15, -0.1) is 0 Å². The van der Waals surface area contributed by atoms with Crippen LogP contribution in [-0.2, 0) is 4.79 Å².